The maximum atomic E-state index is 12.3. The molecular weight excluding hydrogens is 370 g/mol. The highest BCUT2D eigenvalue weighted by atomic mass is 79.9. The maximum absolute atomic E-state index is 12.3. The van der Waals surface area contributed by atoms with Crippen molar-refractivity contribution in [2.75, 3.05) is 0 Å². The van der Waals surface area contributed by atoms with E-state index in [0.29, 0.717) is 17.0 Å². The zero-order valence-electron chi connectivity index (χ0n) is 11.3. The number of hydrogen-bond donors (Lipinski definition) is 1. The fourth-order valence-corrected chi connectivity index (χ4v) is 3.27. The van der Waals surface area contributed by atoms with Crippen LogP contribution in [0.4, 0.5) is 0 Å². The molecule has 0 spiro atoms. The molecule has 0 aromatic heterocycles. The van der Waals surface area contributed by atoms with Gasteiger partial charge in [0.2, 0.25) is 0 Å². The lowest BCUT2D eigenvalue weighted by atomic mass is 9.75. The van der Waals surface area contributed by atoms with Crippen LogP contribution in [-0.2, 0) is 0 Å². The molecule has 1 saturated carbocycles. The average molecular weight is 389 g/mol. The Labute approximate surface area is 131 Å². The normalized spacial score (nSPS) is 19.2. The molecule has 104 valence electrons. The molecule has 1 N–H and O–H groups in total. The van der Waals surface area contributed by atoms with Gasteiger partial charge in [-0.3, -0.25) is 4.79 Å². The molecule has 1 aromatic carbocycles. The van der Waals surface area contributed by atoms with Crippen LogP contribution in [0.3, 0.4) is 0 Å². The number of nitrogens with one attached hydrogen (secondary N) is 1. The number of carbonyl (C=O) groups is 1. The molecule has 19 heavy (non-hydrogen) atoms. The van der Waals surface area contributed by atoms with Gasteiger partial charge in [0, 0.05) is 15.0 Å². The Morgan fingerprint density at radius 3 is 2.53 bits per heavy atom. The van der Waals surface area contributed by atoms with E-state index >= 15 is 0 Å². The van der Waals surface area contributed by atoms with E-state index in [1.54, 1.807) is 0 Å². The highest BCUT2D eigenvalue weighted by Crippen LogP contribution is 2.35. The first-order valence-electron chi connectivity index (χ1n) is 6.63. The van der Waals surface area contributed by atoms with E-state index in [9.17, 15) is 4.79 Å². The van der Waals surface area contributed by atoms with E-state index in [4.69, 9.17) is 0 Å². The second-order valence-electron chi connectivity index (χ2n) is 6.04. The molecule has 2 nitrogen and oxygen atoms in total. The molecule has 0 unspecified atom stereocenters. The summed E-state index contributed by atoms with van der Waals surface area (Å²) in [7, 11) is 0. The number of amides is 1. The Balaban J connectivity index is 2.00. The highest BCUT2D eigenvalue weighted by molar-refractivity contribution is 9.11. The minimum Gasteiger partial charge on any atom is -0.349 e. The van der Waals surface area contributed by atoms with Gasteiger partial charge in [0.25, 0.3) is 5.91 Å². The van der Waals surface area contributed by atoms with Crippen LogP contribution in [0, 0.1) is 5.41 Å². The summed E-state index contributed by atoms with van der Waals surface area (Å²) in [4.78, 5) is 12.3. The van der Waals surface area contributed by atoms with Crippen molar-refractivity contribution < 1.29 is 4.79 Å². The Hall–Kier alpha value is -0.350. The molecule has 2 rings (SSSR count). The third kappa shape index (κ3) is 4.06. The molecule has 0 radical (unpaired) electrons. The summed E-state index contributed by atoms with van der Waals surface area (Å²) in [6.45, 7) is 4.60. The van der Waals surface area contributed by atoms with Crippen molar-refractivity contribution in [3.05, 3.63) is 32.7 Å². The van der Waals surface area contributed by atoms with Crippen molar-refractivity contribution in [1.82, 2.24) is 5.32 Å². The van der Waals surface area contributed by atoms with Crippen LogP contribution in [0.1, 0.15) is 49.9 Å². The largest absolute Gasteiger partial charge is 0.349 e. The van der Waals surface area contributed by atoms with Gasteiger partial charge in [0.05, 0.1) is 5.56 Å². The standard InChI is InChI=1S/C15H19Br2NO/c1-15(2)7-5-11(6-8-15)18-14(19)12-9-10(16)3-4-13(12)17/h3-4,9,11H,5-8H2,1-2H3,(H,18,19). The summed E-state index contributed by atoms with van der Waals surface area (Å²) in [6.07, 6.45) is 4.50. The molecule has 4 heteroatoms. The van der Waals surface area contributed by atoms with Crippen LogP contribution < -0.4 is 5.32 Å². The van der Waals surface area contributed by atoms with Crippen molar-refractivity contribution in [3.8, 4) is 0 Å². The van der Waals surface area contributed by atoms with Crippen LogP contribution in [0.2, 0.25) is 0 Å². The minimum absolute atomic E-state index is 0.0119. The van der Waals surface area contributed by atoms with Gasteiger partial charge in [-0.1, -0.05) is 29.8 Å². The molecular formula is C15H19Br2NO. The van der Waals surface area contributed by atoms with Crippen molar-refractivity contribution in [1.29, 1.82) is 0 Å². The zero-order chi connectivity index (χ0) is 14.0. The van der Waals surface area contributed by atoms with E-state index in [0.717, 1.165) is 21.8 Å². The molecule has 0 atom stereocenters. The summed E-state index contributed by atoms with van der Waals surface area (Å²) >= 11 is 6.84. The Morgan fingerprint density at radius 2 is 1.89 bits per heavy atom. The van der Waals surface area contributed by atoms with Crippen LogP contribution in [0.15, 0.2) is 27.1 Å². The monoisotopic (exact) mass is 387 g/mol. The smallest absolute Gasteiger partial charge is 0.252 e. The summed E-state index contributed by atoms with van der Waals surface area (Å²) in [6, 6.07) is 5.98. The van der Waals surface area contributed by atoms with Crippen molar-refractivity contribution in [3.63, 3.8) is 0 Å². The Kier molecular flexibility index (Phi) is 4.72. The molecule has 1 amide bonds. The van der Waals surface area contributed by atoms with Gasteiger partial charge < -0.3 is 5.32 Å². The second-order valence-corrected chi connectivity index (χ2v) is 7.81. The molecule has 0 heterocycles. The topological polar surface area (TPSA) is 29.1 Å². The van der Waals surface area contributed by atoms with Crippen molar-refractivity contribution in [2.45, 2.75) is 45.6 Å². The molecule has 0 aliphatic heterocycles. The number of hydrogen-bond acceptors (Lipinski definition) is 1. The quantitative estimate of drug-likeness (QED) is 0.766. The lowest BCUT2D eigenvalue weighted by Gasteiger charge is -2.34. The first-order valence-corrected chi connectivity index (χ1v) is 8.22. The van der Waals surface area contributed by atoms with Crippen molar-refractivity contribution >= 4 is 37.8 Å². The van der Waals surface area contributed by atoms with Gasteiger partial charge in [0.15, 0.2) is 0 Å². The van der Waals surface area contributed by atoms with Gasteiger partial charge in [0.1, 0.15) is 0 Å². The lowest BCUT2D eigenvalue weighted by molar-refractivity contribution is 0.0908. The van der Waals surface area contributed by atoms with Gasteiger partial charge in [-0.2, -0.15) is 0 Å². The lowest BCUT2D eigenvalue weighted by Crippen LogP contribution is -2.39. The van der Waals surface area contributed by atoms with Gasteiger partial charge in [-0.25, -0.2) is 0 Å². The fourth-order valence-electron chi connectivity index (χ4n) is 2.48. The minimum atomic E-state index is 0.0119. The van der Waals surface area contributed by atoms with Crippen LogP contribution in [0.5, 0.6) is 0 Å². The third-order valence-electron chi connectivity index (χ3n) is 3.85. The summed E-state index contributed by atoms with van der Waals surface area (Å²) in [5, 5.41) is 3.15. The number of halogens is 2. The van der Waals surface area contributed by atoms with Gasteiger partial charge in [-0.15, -0.1) is 0 Å². The first kappa shape index (κ1) is 15.0. The maximum Gasteiger partial charge on any atom is 0.252 e. The summed E-state index contributed by atoms with van der Waals surface area (Å²) in [5.41, 5.74) is 1.12. The molecule has 1 aliphatic rings. The number of rotatable bonds is 2. The predicted molar refractivity (Wildman–Crippen MR) is 85.3 cm³/mol. The molecule has 1 aromatic rings. The van der Waals surface area contributed by atoms with E-state index in [-0.39, 0.29) is 5.91 Å². The van der Waals surface area contributed by atoms with E-state index in [1.807, 2.05) is 18.2 Å². The molecule has 0 saturated heterocycles. The first-order chi connectivity index (χ1) is 8.87. The highest BCUT2D eigenvalue weighted by Gasteiger charge is 2.27. The second kappa shape index (κ2) is 5.96. The van der Waals surface area contributed by atoms with E-state index < -0.39 is 0 Å². The van der Waals surface area contributed by atoms with E-state index in [2.05, 4.69) is 51.0 Å². The number of carbonyl (C=O) groups excluding carboxylic acids is 1. The average Bonchev–Trinajstić information content (AvgIpc) is 2.35. The van der Waals surface area contributed by atoms with E-state index in [1.165, 1.54) is 12.8 Å². The number of benzene rings is 1. The Bertz CT molecular complexity index is 475. The van der Waals surface area contributed by atoms with Crippen LogP contribution >= 0.6 is 31.9 Å². The van der Waals surface area contributed by atoms with Crippen LogP contribution in [0.25, 0.3) is 0 Å². The molecule has 1 fully saturated rings. The molecule has 0 bridgehead atoms. The van der Waals surface area contributed by atoms with Crippen molar-refractivity contribution in [2.24, 2.45) is 5.41 Å². The predicted octanol–water partition coefficient (Wildman–Crippen LogP) is 4.91. The SMILES string of the molecule is CC1(C)CCC(NC(=O)c2cc(Br)ccc2Br)CC1. The third-order valence-corrected chi connectivity index (χ3v) is 5.03. The van der Waals surface area contributed by atoms with Crippen LogP contribution in [-0.4, -0.2) is 11.9 Å². The zero-order valence-corrected chi connectivity index (χ0v) is 14.5. The fraction of sp³-hybridized carbons (Fsp3) is 0.533. The van der Waals surface area contributed by atoms with Gasteiger partial charge >= 0.3 is 0 Å². The summed E-state index contributed by atoms with van der Waals surface area (Å²) in [5.74, 6) is 0.0119. The molecule has 1 aliphatic carbocycles. The van der Waals surface area contributed by atoms with Gasteiger partial charge in [-0.05, 0) is 65.2 Å². The summed E-state index contributed by atoms with van der Waals surface area (Å²) < 4.78 is 1.76. The Morgan fingerprint density at radius 1 is 1.26 bits per heavy atom.